The second kappa shape index (κ2) is 17.5. The standard InChI is InChI=1S/C36H49ClN4O7/c1-36(2,3)48-35(46)40-18-19-41(31-15-8-7-13-27(31)22-40)32(43)17-16-29(23-42)38-33(44)30(21-25-10-5-4-6-11-25)39-34(45)47-24-26-12-9-14-28(37)20-26/h7-9,12-15,20,25,29-30,42H,4-6,10-11,16-19,21-24H2,1-3H3,(H,38,44)(H,39,45)/t29-,30-/m0/s1. The molecule has 0 spiro atoms. The van der Waals surface area contributed by atoms with Crippen molar-refractivity contribution in [1.29, 1.82) is 0 Å². The maximum atomic E-state index is 13.6. The number of nitrogens with zero attached hydrogens (tertiary/aromatic N) is 2. The average molecular weight is 685 g/mol. The minimum atomic E-state index is -0.860. The lowest BCUT2D eigenvalue weighted by Crippen LogP contribution is -2.51. The lowest BCUT2D eigenvalue weighted by atomic mass is 9.84. The summed E-state index contributed by atoms with van der Waals surface area (Å²) in [4.78, 5) is 56.0. The number of carbonyl (C=O) groups excluding carboxylic acids is 4. The third-order valence-corrected chi connectivity index (χ3v) is 8.86. The van der Waals surface area contributed by atoms with Crippen molar-refractivity contribution >= 4 is 41.3 Å². The van der Waals surface area contributed by atoms with Gasteiger partial charge in [0, 0.05) is 30.2 Å². The molecule has 1 aliphatic heterocycles. The van der Waals surface area contributed by atoms with Gasteiger partial charge in [0.1, 0.15) is 18.2 Å². The fraction of sp³-hybridized carbons (Fsp3) is 0.556. The first kappa shape index (κ1) is 37.0. The number of hydrogen-bond donors (Lipinski definition) is 3. The third kappa shape index (κ3) is 11.4. The largest absolute Gasteiger partial charge is 0.445 e. The van der Waals surface area contributed by atoms with E-state index in [9.17, 15) is 24.3 Å². The maximum absolute atomic E-state index is 13.6. The Kier molecular flexibility index (Phi) is 13.5. The molecule has 1 heterocycles. The molecule has 0 unspecified atom stereocenters. The van der Waals surface area contributed by atoms with E-state index < -0.39 is 35.8 Å². The van der Waals surface area contributed by atoms with Gasteiger partial charge in [0.05, 0.1) is 19.2 Å². The number of carbonyl (C=O) groups is 4. The molecular formula is C36H49ClN4O7. The highest BCUT2D eigenvalue weighted by atomic mass is 35.5. The zero-order chi connectivity index (χ0) is 34.7. The predicted molar refractivity (Wildman–Crippen MR) is 183 cm³/mol. The molecule has 3 N–H and O–H groups in total. The van der Waals surface area contributed by atoms with E-state index >= 15 is 0 Å². The molecule has 1 fully saturated rings. The molecule has 4 rings (SSSR count). The summed E-state index contributed by atoms with van der Waals surface area (Å²) in [6.07, 6.45) is 4.79. The van der Waals surface area contributed by atoms with E-state index in [1.54, 1.807) is 34.1 Å². The Labute approximate surface area is 288 Å². The number of aliphatic hydroxyl groups excluding tert-OH is 1. The SMILES string of the molecule is CC(C)(C)OC(=O)N1CCN(C(=O)CC[C@@H](CO)NC(=O)[C@H](CC2CCCCC2)NC(=O)OCc2cccc(Cl)c2)c2ccccc2C1. The normalized spacial score (nSPS) is 16.6. The summed E-state index contributed by atoms with van der Waals surface area (Å²) in [5, 5.41) is 16.3. The second-order valence-corrected chi connectivity index (χ2v) is 14.1. The van der Waals surface area contributed by atoms with E-state index in [0.717, 1.165) is 43.2 Å². The van der Waals surface area contributed by atoms with Crippen molar-refractivity contribution < 1.29 is 33.8 Å². The van der Waals surface area contributed by atoms with E-state index in [1.807, 2.05) is 45.0 Å². The number of fused-ring (bicyclic) bond motifs is 1. The molecule has 12 heteroatoms. The van der Waals surface area contributed by atoms with E-state index in [1.165, 1.54) is 0 Å². The summed E-state index contributed by atoms with van der Waals surface area (Å²) in [5.74, 6) is -0.345. The summed E-state index contributed by atoms with van der Waals surface area (Å²) in [5.41, 5.74) is 1.61. The molecule has 0 radical (unpaired) electrons. The van der Waals surface area contributed by atoms with Gasteiger partial charge in [-0.25, -0.2) is 9.59 Å². The van der Waals surface area contributed by atoms with Gasteiger partial charge >= 0.3 is 12.2 Å². The highest BCUT2D eigenvalue weighted by molar-refractivity contribution is 6.30. The lowest BCUT2D eigenvalue weighted by Gasteiger charge is -2.28. The van der Waals surface area contributed by atoms with Crippen molar-refractivity contribution in [2.24, 2.45) is 5.92 Å². The van der Waals surface area contributed by atoms with Crippen molar-refractivity contribution in [2.45, 2.75) is 103 Å². The van der Waals surface area contributed by atoms with Crippen LogP contribution >= 0.6 is 11.6 Å². The monoisotopic (exact) mass is 684 g/mol. The quantitative estimate of drug-likeness (QED) is 0.266. The van der Waals surface area contributed by atoms with E-state index in [2.05, 4.69) is 10.6 Å². The Hall–Kier alpha value is -3.83. The van der Waals surface area contributed by atoms with Gasteiger partial charge in [0.15, 0.2) is 0 Å². The minimum Gasteiger partial charge on any atom is -0.445 e. The van der Waals surface area contributed by atoms with Gasteiger partial charge in [-0.3, -0.25) is 9.59 Å². The Morgan fingerprint density at radius 3 is 2.46 bits per heavy atom. The third-order valence-electron chi connectivity index (χ3n) is 8.62. The first-order valence-electron chi connectivity index (χ1n) is 16.9. The molecule has 1 aliphatic carbocycles. The molecule has 0 saturated heterocycles. The first-order chi connectivity index (χ1) is 22.9. The molecule has 4 amide bonds. The van der Waals surface area contributed by atoms with E-state index in [4.69, 9.17) is 21.1 Å². The minimum absolute atomic E-state index is 0.000695. The van der Waals surface area contributed by atoms with Crippen molar-refractivity contribution in [3.05, 3.63) is 64.7 Å². The van der Waals surface area contributed by atoms with Crippen molar-refractivity contribution in [3.63, 3.8) is 0 Å². The number of anilines is 1. The number of benzene rings is 2. The van der Waals surface area contributed by atoms with Gasteiger partial charge in [0.25, 0.3) is 0 Å². The van der Waals surface area contributed by atoms with Crippen LogP contribution in [0.5, 0.6) is 0 Å². The van der Waals surface area contributed by atoms with Crippen LogP contribution in [0.25, 0.3) is 0 Å². The number of halogens is 1. The molecule has 0 bridgehead atoms. The Bertz CT molecular complexity index is 1410. The van der Waals surface area contributed by atoms with Gasteiger partial charge in [-0.1, -0.05) is 74.0 Å². The van der Waals surface area contributed by atoms with E-state index in [0.29, 0.717) is 23.7 Å². The number of amides is 4. The van der Waals surface area contributed by atoms with Gasteiger partial charge in [-0.15, -0.1) is 0 Å². The molecule has 2 atom stereocenters. The molecular weight excluding hydrogens is 636 g/mol. The van der Waals surface area contributed by atoms with Crippen LogP contribution in [-0.2, 0) is 32.2 Å². The van der Waals surface area contributed by atoms with Gasteiger partial charge in [0.2, 0.25) is 11.8 Å². The Balaban J connectivity index is 1.36. The number of rotatable bonds is 11. The molecule has 11 nitrogen and oxygen atoms in total. The smallest absolute Gasteiger partial charge is 0.410 e. The number of alkyl carbamates (subject to hydrolysis) is 1. The zero-order valence-corrected chi connectivity index (χ0v) is 29.0. The number of ether oxygens (including phenoxy) is 2. The molecule has 2 aromatic carbocycles. The van der Waals surface area contributed by atoms with Crippen molar-refractivity contribution in [3.8, 4) is 0 Å². The topological polar surface area (TPSA) is 138 Å². The molecule has 1 saturated carbocycles. The van der Waals surface area contributed by atoms with Crippen LogP contribution in [-0.4, -0.2) is 71.4 Å². The predicted octanol–water partition coefficient (Wildman–Crippen LogP) is 5.95. The number of hydrogen-bond acceptors (Lipinski definition) is 7. The number of aliphatic hydroxyl groups is 1. The second-order valence-electron chi connectivity index (χ2n) is 13.6. The van der Waals surface area contributed by atoms with Crippen LogP contribution in [0.3, 0.4) is 0 Å². The zero-order valence-electron chi connectivity index (χ0n) is 28.2. The summed E-state index contributed by atoms with van der Waals surface area (Å²) in [6.45, 7) is 5.93. The highest BCUT2D eigenvalue weighted by Crippen LogP contribution is 2.29. The highest BCUT2D eigenvalue weighted by Gasteiger charge is 2.31. The van der Waals surface area contributed by atoms with E-state index in [-0.39, 0.29) is 51.0 Å². The van der Waals surface area contributed by atoms with Crippen LogP contribution in [0.15, 0.2) is 48.5 Å². The molecule has 0 aromatic heterocycles. The fourth-order valence-electron chi connectivity index (χ4n) is 6.17. The Morgan fingerprint density at radius 2 is 1.75 bits per heavy atom. The van der Waals surface area contributed by atoms with Gasteiger partial charge in [-0.2, -0.15) is 0 Å². The first-order valence-corrected chi connectivity index (χ1v) is 17.2. The van der Waals surface area contributed by atoms with Crippen LogP contribution < -0.4 is 15.5 Å². The van der Waals surface area contributed by atoms with Gasteiger partial charge < -0.3 is 35.0 Å². The van der Waals surface area contributed by atoms with Crippen molar-refractivity contribution in [1.82, 2.24) is 15.5 Å². The van der Waals surface area contributed by atoms with Crippen LogP contribution in [0.1, 0.15) is 83.3 Å². The summed E-state index contributed by atoms with van der Waals surface area (Å²) in [7, 11) is 0. The van der Waals surface area contributed by atoms with Crippen LogP contribution in [0.2, 0.25) is 5.02 Å². The number of para-hydroxylation sites is 1. The summed E-state index contributed by atoms with van der Waals surface area (Å²) >= 11 is 6.04. The fourth-order valence-corrected chi connectivity index (χ4v) is 6.38. The summed E-state index contributed by atoms with van der Waals surface area (Å²) < 4.78 is 11.0. The molecule has 262 valence electrons. The maximum Gasteiger partial charge on any atom is 0.410 e. The van der Waals surface area contributed by atoms with Crippen LogP contribution in [0.4, 0.5) is 15.3 Å². The number of nitrogens with one attached hydrogen (secondary N) is 2. The van der Waals surface area contributed by atoms with Gasteiger partial charge in [-0.05, 0) is 68.9 Å². The molecule has 2 aromatic rings. The Morgan fingerprint density at radius 1 is 1.00 bits per heavy atom. The summed E-state index contributed by atoms with van der Waals surface area (Å²) in [6, 6.07) is 12.9. The van der Waals surface area contributed by atoms with Crippen LogP contribution in [0, 0.1) is 5.92 Å². The lowest BCUT2D eigenvalue weighted by molar-refractivity contribution is -0.125. The van der Waals surface area contributed by atoms with Crippen molar-refractivity contribution in [2.75, 3.05) is 24.6 Å². The molecule has 2 aliphatic rings. The average Bonchev–Trinajstić information content (AvgIpc) is 3.25. The molecule has 48 heavy (non-hydrogen) atoms.